The summed E-state index contributed by atoms with van der Waals surface area (Å²) in [6.07, 6.45) is 0. The maximum Gasteiger partial charge on any atom is 0.225 e. The summed E-state index contributed by atoms with van der Waals surface area (Å²) in [7, 11) is 0. The number of nitrogens with two attached hydrogens (primary N) is 2. The number of anilines is 2. The van der Waals surface area contributed by atoms with Crippen LogP contribution in [0.3, 0.4) is 0 Å². The minimum Gasteiger partial charge on any atom is -0.369 e. The number of aromatic nitrogens is 3. The smallest absolute Gasteiger partial charge is 0.225 e. The molecule has 0 atom stereocenters. The summed E-state index contributed by atoms with van der Waals surface area (Å²) in [5, 5.41) is 0. The number of aryl methyl sites for hydroxylation is 1. The van der Waals surface area contributed by atoms with Gasteiger partial charge in [-0.05, 0) is 36.8 Å². The standard InChI is InChI=1S/C10H11N5S/c1-6-3-2-4-7(5-6)15-9(12)13-8(11)14-10(15)16/h2-5H,1H3,(H4,11,12,13,14,16). The Bertz CT molecular complexity index is 590. The Morgan fingerprint density at radius 3 is 2.62 bits per heavy atom. The molecule has 1 aromatic carbocycles. The number of hydrogen-bond acceptors (Lipinski definition) is 5. The molecular formula is C10H11N5S. The molecule has 2 aromatic rings. The monoisotopic (exact) mass is 233 g/mol. The van der Waals surface area contributed by atoms with Crippen LogP contribution >= 0.6 is 12.2 Å². The van der Waals surface area contributed by atoms with E-state index in [4.69, 9.17) is 23.7 Å². The van der Waals surface area contributed by atoms with E-state index in [2.05, 4.69) is 9.97 Å². The highest BCUT2D eigenvalue weighted by atomic mass is 32.1. The Morgan fingerprint density at radius 1 is 1.25 bits per heavy atom. The number of nitrogen functional groups attached to an aromatic ring is 2. The van der Waals surface area contributed by atoms with Crippen LogP contribution in [0, 0.1) is 11.7 Å². The molecule has 0 aliphatic rings. The molecule has 0 saturated carbocycles. The third-order valence-corrected chi connectivity index (χ3v) is 2.39. The fourth-order valence-electron chi connectivity index (χ4n) is 1.45. The first-order valence-electron chi connectivity index (χ1n) is 4.67. The van der Waals surface area contributed by atoms with Crippen molar-refractivity contribution in [1.29, 1.82) is 0 Å². The normalized spacial score (nSPS) is 10.3. The van der Waals surface area contributed by atoms with Gasteiger partial charge in [-0.2, -0.15) is 9.97 Å². The van der Waals surface area contributed by atoms with Crippen molar-refractivity contribution in [2.75, 3.05) is 11.5 Å². The van der Waals surface area contributed by atoms with E-state index in [-0.39, 0.29) is 11.9 Å². The van der Waals surface area contributed by atoms with Gasteiger partial charge >= 0.3 is 0 Å². The van der Waals surface area contributed by atoms with E-state index in [9.17, 15) is 0 Å². The first-order chi connectivity index (χ1) is 7.58. The number of benzene rings is 1. The number of nitrogens with zero attached hydrogens (tertiary/aromatic N) is 3. The lowest BCUT2D eigenvalue weighted by molar-refractivity contribution is 0.919. The van der Waals surface area contributed by atoms with Crippen LogP contribution in [0.15, 0.2) is 24.3 Å². The second kappa shape index (κ2) is 3.90. The van der Waals surface area contributed by atoms with E-state index in [1.54, 1.807) is 4.57 Å². The summed E-state index contributed by atoms with van der Waals surface area (Å²) in [5.74, 6) is 0.328. The molecule has 4 N–H and O–H groups in total. The molecule has 1 heterocycles. The maximum absolute atomic E-state index is 5.77. The molecule has 6 heteroatoms. The van der Waals surface area contributed by atoms with Crippen LogP contribution in [-0.4, -0.2) is 14.5 Å². The second-order valence-electron chi connectivity index (χ2n) is 3.40. The van der Waals surface area contributed by atoms with Gasteiger partial charge < -0.3 is 11.5 Å². The first-order valence-corrected chi connectivity index (χ1v) is 5.08. The lowest BCUT2D eigenvalue weighted by atomic mass is 10.2. The van der Waals surface area contributed by atoms with Gasteiger partial charge in [0.25, 0.3) is 0 Å². The highest BCUT2D eigenvalue weighted by molar-refractivity contribution is 7.71. The zero-order valence-electron chi connectivity index (χ0n) is 8.71. The van der Waals surface area contributed by atoms with Crippen LogP contribution in [0.1, 0.15) is 5.56 Å². The van der Waals surface area contributed by atoms with Gasteiger partial charge in [0.1, 0.15) is 0 Å². The molecule has 16 heavy (non-hydrogen) atoms. The van der Waals surface area contributed by atoms with E-state index >= 15 is 0 Å². The fourth-order valence-corrected chi connectivity index (χ4v) is 1.74. The van der Waals surface area contributed by atoms with Gasteiger partial charge in [0.05, 0.1) is 5.69 Å². The molecule has 0 bridgehead atoms. The van der Waals surface area contributed by atoms with Gasteiger partial charge in [-0.25, -0.2) is 0 Å². The Labute approximate surface area is 97.8 Å². The molecule has 5 nitrogen and oxygen atoms in total. The van der Waals surface area contributed by atoms with Gasteiger partial charge in [0, 0.05) is 0 Å². The van der Waals surface area contributed by atoms with Gasteiger partial charge in [0.2, 0.25) is 16.7 Å². The van der Waals surface area contributed by atoms with E-state index in [0.29, 0.717) is 4.77 Å². The first kappa shape index (κ1) is 10.6. The molecule has 0 amide bonds. The summed E-state index contributed by atoms with van der Waals surface area (Å²) in [5.41, 5.74) is 13.2. The van der Waals surface area contributed by atoms with Crippen molar-refractivity contribution in [3.8, 4) is 5.69 Å². The molecule has 82 valence electrons. The van der Waals surface area contributed by atoms with Crippen LogP contribution in [0.25, 0.3) is 5.69 Å². The van der Waals surface area contributed by atoms with Crippen molar-refractivity contribution in [1.82, 2.24) is 14.5 Å². The topological polar surface area (TPSA) is 82.8 Å². The highest BCUT2D eigenvalue weighted by Gasteiger charge is 2.05. The molecule has 0 saturated heterocycles. The van der Waals surface area contributed by atoms with Gasteiger partial charge in [-0.3, -0.25) is 4.57 Å². The number of hydrogen-bond donors (Lipinski definition) is 2. The molecule has 1 aromatic heterocycles. The zero-order valence-corrected chi connectivity index (χ0v) is 9.53. The van der Waals surface area contributed by atoms with E-state index in [1.807, 2.05) is 31.2 Å². The average molecular weight is 233 g/mol. The summed E-state index contributed by atoms with van der Waals surface area (Å²) in [4.78, 5) is 7.79. The van der Waals surface area contributed by atoms with Crippen LogP contribution in [0.2, 0.25) is 0 Å². The van der Waals surface area contributed by atoms with Crippen LogP contribution in [0.4, 0.5) is 11.9 Å². The SMILES string of the molecule is Cc1cccc(-n2c(N)nc(N)nc2=S)c1. The lowest BCUT2D eigenvalue weighted by Crippen LogP contribution is -2.11. The molecule has 0 spiro atoms. The van der Waals surface area contributed by atoms with E-state index in [0.717, 1.165) is 11.3 Å². The predicted octanol–water partition coefficient (Wildman–Crippen LogP) is 1.47. The zero-order chi connectivity index (χ0) is 11.7. The maximum atomic E-state index is 5.77. The Balaban J connectivity index is 2.70. The van der Waals surface area contributed by atoms with Crippen molar-refractivity contribution < 1.29 is 0 Å². The Kier molecular flexibility index (Phi) is 2.57. The third-order valence-electron chi connectivity index (χ3n) is 2.12. The molecule has 0 fully saturated rings. The van der Waals surface area contributed by atoms with E-state index in [1.165, 1.54) is 0 Å². The lowest BCUT2D eigenvalue weighted by Gasteiger charge is -2.09. The molecule has 0 unspecified atom stereocenters. The van der Waals surface area contributed by atoms with Gasteiger partial charge in [-0.15, -0.1) is 0 Å². The average Bonchev–Trinajstić information content (AvgIpc) is 2.15. The quantitative estimate of drug-likeness (QED) is 0.729. The third kappa shape index (κ3) is 1.87. The van der Waals surface area contributed by atoms with Crippen molar-refractivity contribution >= 4 is 24.1 Å². The molecule has 0 aliphatic carbocycles. The summed E-state index contributed by atoms with van der Waals surface area (Å²) in [6, 6.07) is 7.74. The van der Waals surface area contributed by atoms with Gasteiger partial charge in [0.15, 0.2) is 0 Å². The fraction of sp³-hybridized carbons (Fsp3) is 0.100. The predicted molar refractivity (Wildman–Crippen MR) is 65.8 cm³/mol. The number of rotatable bonds is 1. The van der Waals surface area contributed by atoms with Crippen molar-refractivity contribution in [3.63, 3.8) is 0 Å². The molecule has 0 radical (unpaired) electrons. The molecule has 0 aliphatic heterocycles. The minimum atomic E-state index is 0.0893. The van der Waals surface area contributed by atoms with Crippen LogP contribution in [0.5, 0.6) is 0 Å². The van der Waals surface area contributed by atoms with Crippen molar-refractivity contribution in [2.24, 2.45) is 0 Å². The molecule has 2 rings (SSSR count). The minimum absolute atomic E-state index is 0.0893. The van der Waals surface area contributed by atoms with Crippen LogP contribution < -0.4 is 11.5 Å². The highest BCUT2D eigenvalue weighted by Crippen LogP contribution is 2.14. The Morgan fingerprint density at radius 2 is 2.00 bits per heavy atom. The van der Waals surface area contributed by atoms with E-state index < -0.39 is 0 Å². The Hall–Kier alpha value is -1.95. The molecular weight excluding hydrogens is 222 g/mol. The largest absolute Gasteiger partial charge is 0.369 e. The van der Waals surface area contributed by atoms with Crippen LogP contribution in [-0.2, 0) is 0 Å². The summed E-state index contributed by atoms with van der Waals surface area (Å²) in [6.45, 7) is 1.99. The summed E-state index contributed by atoms with van der Waals surface area (Å²) < 4.78 is 1.88. The summed E-state index contributed by atoms with van der Waals surface area (Å²) >= 11 is 5.10. The van der Waals surface area contributed by atoms with Crippen molar-refractivity contribution in [3.05, 3.63) is 34.6 Å². The second-order valence-corrected chi connectivity index (χ2v) is 3.76. The van der Waals surface area contributed by atoms with Gasteiger partial charge in [-0.1, -0.05) is 12.1 Å². The van der Waals surface area contributed by atoms with Crippen molar-refractivity contribution in [2.45, 2.75) is 6.92 Å².